The lowest BCUT2D eigenvalue weighted by atomic mass is 10.1. The van der Waals surface area contributed by atoms with Crippen LogP contribution >= 0.6 is 11.8 Å². The average molecular weight is 363 g/mol. The molecule has 1 aliphatic heterocycles. The first kappa shape index (κ1) is 17.8. The molecule has 1 atom stereocenters. The number of nitrogens with zero attached hydrogens (tertiary/aromatic N) is 1. The highest BCUT2D eigenvalue weighted by Gasteiger charge is 2.24. The number of hydrogen-bond donors (Lipinski definition) is 0. The van der Waals surface area contributed by atoms with Crippen LogP contribution in [-0.2, 0) is 16.1 Å². The minimum absolute atomic E-state index is 0.0419. The molecule has 1 aliphatic rings. The Labute approximate surface area is 150 Å². The van der Waals surface area contributed by atoms with E-state index in [0.717, 1.165) is 30.0 Å². The maximum absolute atomic E-state index is 12.3. The van der Waals surface area contributed by atoms with E-state index in [2.05, 4.69) is 4.90 Å². The monoisotopic (exact) mass is 363 g/mol. The molecule has 2 heterocycles. The smallest absolute Gasteiger partial charge is 0.336 e. The van der Waals surface area contributed by atoms with Gasteiger partial charge in [-0.25, -0.2) is 4.79 Å². The summed E-state index contributed by atoms with van der Waals surface area (Å²) in [7, 11) is 1.55. The van der Waals surface area contributed by atoms with Crippen molar-refractivity contribution in [1.82, 2.24) is 4.90 Å². The minimum atomic E-state index is -0.479. The third-order valence-corrected chi connectivity index (χ3v) is 5.28. The molecule has 0 saturated carbocycles. The number of carbonyl (C=O) groups excluding carboxylic acids is 1. The van der Waals surface area contributed by atoms with Crippen molar-refractivity contribution in [3.05, 3.63) is 40.2 Å². The first-order valence-corrected chi connectivity index (χ1v) is 9.33. The molecule has 7 heteroatoms. The van der Waals surface area contributed by atoms with E-state index in [-0.39, 0.29) is 18.6 Å². The van der Waals surface area contributed by atoms with Gasteiger partial charge in [-0.1, -0.05) is 0 Å². The second-order valence-electron chi connectivity index (χ2n) is 5.88. The van der Waals surface area contributed by atoms with Gasteiger partial charge in [0.2, 0.25) is 0 Å². The SMILES string of the molecule is COc1ccc2c(COC(=O)[C@@H](C)N3CCSCC3)cc(=O)oc2c1. The molecule has 1 aromatic carbocycles. The lowest BCUT2D eigenvalue weighted by Crippen LogP contribution is -2.44. The van der Waals surface area contributed by atoms with Gasteiger partial charge in [0, 0.05) is 47.7 Å². The van der Waals surface area contributed by atoms with E-state index in [9.17, 15) is 9.59 Å². The zero-order valence-electron chi connectivity index (χ0n) is 14.3. The first-order valence-electron chi connectivity index (χ1n) is 8.17. The Hall–Kier alpha value is -1.99. The molecule has 1 saturated heterocycles. The molecule has 1 aromatic heterocycles. The summed E-state index contributed by atoms with van der Waals surface area (Å²) in [6, 6.07) is 6.31. The predicted octanol–water partition coefficient (Wildman–Crippen LogP) is 2.28. The third-order valence-electron chi connectivity index (χ3n) is 4.34. The lowest BCUT2D eigenvalue weighted by Gasteiger charge is -2.30. The maximum atomic E-state index is 12.3. The van der Waals surface area contributed by atoms with Crippen molar-refractivity contribution in [2.45, 2.75) is 19.6 Å². The molecule has 1 fully saturated rings. The normalized spacial score (nSPS) is 16.6. The van der Waals surface area contributed by atoms with Gasteiger partial charge in [0.1, 0.15) is 24.0 Å². The Balaban J connectivity index is 1.74. The molecule has 0 radical (unpaired) electrons. The van der Waals surface area contributed by atoms with Crippen molar-refractivity contribution in [3.8, 4) is 5.75 Å². The number of carbonyl (C=O) groups is 1. The summed E-state index contributed by atoms with van der Waals surface area (Å²) >= 11 is 1.89. The fourth-order valence-corrected chi connectivity index (χ4v) is 3.77. The zero-order valence-corrected chi connectivity index (χ0v) is 15.1. The molecule has 3 rings (SSSR count). The summed E-state index contributed by atoms with van der Waals surface area (Å²) in [5.74, 6) is 2.39. The minimum Gasteiger partial charge on any atom is -0.497 e. The Morgan fingerprint density at radius 3 is 2.80 bits per heavy atom. The summed E-state index contributed by atoms with van der Waals surface area (Å²) in [4.78, 5) is 26.2. The van der Waals surface area contributed by atoms with E-state index in [1.54, 1.807) is 25.3 Å². The Kier molecular flexibility index (Phi) is 5.65. The van der Waals surface area contributed by atoms with Crippen molar-refractivity contribution in [3.63, 3.8) is 0 Å². The van der Waals surface area contributed by atoms with Gasteiger partial charge in [-0.15, -0.1) is 0 Å². The quantitative estimate of drug-likeness (QED) is 0.596. The van der Waals surface area contributed by atoms with Gasteiger partial charge in [0.25, 0.3) is 0 Å². The van der Waals surface area contributed by atoms with Gasteiger partial charge < -0.3 is 13.9 Å². The second kappa shape index (κ2) is 7.93. The molecule has 134 valence electrons. The van der Waals surface area contributed by atoms with Gasteiger partial charge in [0.05, 0.1) is 7.11 Å². The number of methoxy groups -OCH3 is 1. The van der Waals surface area contributed by atoms with Crippen molar-refractivity contribution in [2.24, 2.45) is 0 Å². The number of thioether (sulfide) groups is 1. The van der Waals surface area contributed by atoms with E-state index in [1.165, 1.54) is 6.07 Å². The van der Waals surface area contributed by atoms with E-state index in [1.807, 2.05) is 18.7 Å². The molecule has 0 unspecified atom stereocenters. The molecular weight excluding hydrogens is 342 g/mol. The summed E-state index contributed by atoms with van der Waals surface area (Å²) in [6.45, 7) is 3.68. The number of benzene rings is 1. The fourth-order valence-electron chi connectivity index (χ4n) is 2.84. The van der Waals surface area contributed by atoms with E-state index in [4.69, 9.17) is 13.9 Å². The number of rotatable bonds is 5. The van der Waals surface area contributed by atoms with Crippen LogP contribution in [0.4, 0.5) is 0 Å². The van der Waals surface area contributed by atoms with Crippen LogP contribution in [0.1, 0.15) is 12.5 Å². The van der Waals surface area contributed by atoms with Crippen LogP contribution < -0.4 is 10.4 Å². The van der Waals surface area contributed by atoms with Crippen molar-refractivity contribution < 1.29 is 18.7 Å². The first-order chi connectivity index (χ1) is 12.1. The number of ether oxygens (including phenoxy) is 2. The number of esters is 1. The van der Waals surface area contributed by atoms with Gasteiger partial charge in [-0.2, -0.15) is 11.8 Å². The molecule has 0 bridgehead atoms. The van der Waals surface area contributed by atoms with Crippen LogP contribution in [0.5, 0.6) is 5.75 Å². The Morgan fingerprint density at radius 2 is 2.08 bits per heavy atom. The van der Waals surface area contributed by atoms with Gasteiger partial charge >= 0.3 is 11.6 Å². The second-order valence-corrected chi connectivity index (χ2v) is 7.11. The van der Waals surface area contributed by atoms with Gasteiger partial charge in [-0.05, 0) is 19.1 Å². The summed E-state index contributed by atoms with van der Waals surface area (Å²) in [6.07, 6.45) is 0. The molecule has 2 aromatic rings. The zero-order chi connectivity index (χ0) is 17.8. The molecule has 0 spiro atoms. The Morgan fingerprint density at radius 1 is 1.32 bits per heavy atom. The lowest BCUT2D eigenvalue weighted by molar-refractivity contribution is -0.150. The fraction of sp³-hybridized carbons (Fsp3) is 0.444. The van der Waals surface area contributed by atoms with Crippen LogP contribution in [-0.4, -0.2) is 48.6 Å². The van der Waals surface area contributed by atoms with Crippen molar-refractivity contribution in [2.75, 3.05) is 31.7 Å². The highest BCUT2D eigenvalue weighted by molar-refractivity contribution is 7.99. The van der Waals surface area contributed by atoms with Crippen LogP contribution in [0.25, 0.3) is 11.0 Å². The topological polar surface area (TPSA) is 69.0 Å². The van der Waals surface area contributed by atoms with Crippen molar-refractivity contribution in [1.29, 1.82) is 0 Å². The predicted molar refractivity (Wildman–Crippen MR) is 97.2 cm³/mol. The number of fused-ring (bicyclic) bond motifs is 1. The largest absolute Gasteiger partial charge is 0.497 e. The highest BCUT2D eigenvalue weighted by atomic mass is 32.2. The van der Waals surface area contributed by atoms with Crippen molar-refractivity contribution >= 4 is 28.7 Å². The number of hydrogen-bond acceptors (Lipinski definition) is 7. The van der Waals surface area contributed by atoms with E-state index in [0.29, 0.717) is 16.9 Å². The molecule has 0 amide bonds. The van der Waals surface area contributed by atoms with E-state index < -0.39 is 5.63 Å². The van der Waals surface area contributed by atoms with Crippen LogP contribution in [0.15, 0.2) is 33.5 Å². The van der Waals surface area contributed by atoms with Crippen LogP contribution in [0, 0.1) is 0 Å². The van der Waals surface area contributed by atoms with Gasteiger partial charge in [-0.3, -0.25) is 9.69 Å². The molecule has 0 N–H and O–H groups in total. The highest BCUT2D eigenvalue weighted by Crippen LogP contribution is 2.23. The molecule has 6 nitrogen and oxygen atoms in total. The summed E-state index contributed by atoms with van der Waals surface area (Å²) < 4.78 is 15.8. The van der Waals surface area contributed by atoms with Gasteiger partial charge in [0.15, 0.2) is 0 Å². The summed E-state index contributed by atoms with van der Waals surface area (Å²) in [5.41, 5.74) is 0.565. The van der Waals surface area contributed by atoms with Crippen LogP contribution in [0.3, 0.4) is 0 Å². The average Bonchev–Trinajstić information content (AvgIpc) is 2.65. The van der Waals surface area contributed by atoms with E-state index >= 15 is 0 Å². The Bertz CT molecular complexity index is 813. The maximum Gasteiger partial charge on any atom is 0.336 e. The molecular formula is C18H21NO5S. The summed E-state index contributed by atoms with van der Waals surface area (Å²) in [5, 5.41) is 0.732. The molecule has 25 heavy (non-hydrogen) atoms. The van der Waals surface area contributed by atoms with Crippen LogP contribution in [0.2, 0.25) is 0 Å². The third kappa shape index (κ3) is 4.16. The molecule has 0 aliphatic carbocycles. The standard InChI is InChI=1S/C18H21NO5S/c1-12(19-5-7-25-8-6-19)18(21)23-11-13-9-17(20)24-16-10-14(22-2)3-4-15(13)16/h3-4,9-10,12H,5-8,11H2,1-2H3/t12-/m1/s1.